The first-order valence-corrected chi connectivity index (χ1v) is 4.80. The Morgan fingerprint density at radius 3 is 2.67 bits per heavy atom. The van der Waals surface area contributed by atoms with Gasteiger partial charge in [-0.05, 0) is 32.1 Å². The number of nitrogens with one attached hydrogen (secondary N) is 2. The van der Waals surface area contributed by atoms with Crippen LogP contribution < -0.4 is 10.6 Å². The largest absolute Gasteiger partial charge is 0.362 e. The molecule has 0 spiro atoms. The molecular formula is C9H17N3. The van der Waals surface area contributed by atoms with Crippen LogP contribution in [0.4, 0.5) is 0 Å². The number of nitrogens with zero attached hydrogens (tertiary/aromatic N) is 1. The van der Waals surface area contributed by atoms with E-state index in [1.165, 1.54) is 25.9 Å². The Kier molecular flexibility index (Phi) is 2.64. The van der Waals surface area contributed by atoms with E-state index in [-0.39, 0.29) is 0 Å². The molecule has 2 N–H and O–H groups in total. The summed E-state index contributed by atoms with van der Waals surface area (Å²) in [6.07, 6.45) is 7.01. The lowest BCUT2D eigenvalue weighted by Gasteiger charge is -2.35. The average molecular weight is 167 g/mol. The lowest BCUT2D eigenvalue weighted by molar-refractivity contribution is 0.207. The normalized spacial score (nSPS) is 26.2. The summed E-state index contributed by atoms with van der Waals surface area (Å²) in [5.41, 5.74) is 0. The van der Waals surface area contributed by atoms with Crippen molar-refractivity contribution in [3.8, 4) is 0 Å². The van der Waals surface area contributed by atoms with Crippen molar-refractivity contribution in [3.63, 3.8) is 0 Å². The molecule has 1 fully saturated rings. The van der Waals surface area contributed by atoms with E-state index in [4.69, 9.17) is 0 Å². The summed E-state index contributed by atoms with van der Waals surface area (Å²) in [4.78, 5) is 2.42. The highest BCUT2D eigenvalue weighted by Gasteiger charge is 2.18. The molecule has 0 amide bonds. The van der Waals surface area contributed by atoms with Gasteiger partial charge in [0, 0.05) is 12.6 Å². The van der Waals surface area contributed by atoms with Gasteiger partial charge < -0.3 is 10.2 Å². The Balaban J connectivity index is 1.88. The summed E-state index contributed by atoms with van der Waals surface area (Å²) in [7, 11) is 0. The van der Waals surface area contributed by atoms with Crippen LogP contribution in [0.2, 0.25) is 0 Å². The summed E-state index contributed by atoms with van der Waals surface area (Å²) >= 11 is 0. The fourth-order valence-electron chi connectivity index (χ4n) is 1.91. The van der Waals surface area contributed by atoms with Crippen LogP contribution in [0.1, 0.15) is 12.8 Å². The quantitative estimate of drug-likeness (QED) is 0.580. The molecule has 2 aliphatic rings. The van der Waals surface area contributed by atoms with E-state index >= 15 is 0 Å². The van der Waals surface area contributed by atoms with E-state index in [9.17, 15) is 0 Å². The van der Waals surface area contributed by atoms with Gasteiger partial charge in [-0.25, -0.2) is 0 Å². The van der Waals surface area contributed by atoms with E-state index in [0.717, 1.165) is 19.3 Å². The predicted molar refractivity (Wildman–Crippen MR) is 49.7 cm³/mol. The summed E-state index contributed by atoms with van der Waals surface area (Å²) in [5, 5.41) is 6.73. The van der Waals surface area contributed by atoms with E-state index in [2.05, 4.69) is 27.8 Å². The SMILES string of the molecule is C1=CN(C2CCNCC2)CNC1. The molecule has 0 radical (unpaired) electrons. The molecule has 0 saturated carbocycles. The van der Waals surface area contributed by atoms with Crippen molar-refractivity contribution in [1.29, 1.82) is 0 Å². The van der Waals surface area contributed by atoms with Gasteiger partial charge in [-0.15, -0.1) is 0 Å². The maximum absolute atomic E-state index is 3.38. The smallest absolute Gasteiger partial charge is 0.0681 e. The van der Waals surface area contributed by atoms with Crippen molar-refractivity contribution in [3.05, 3.63) is 12.3 Å². The zero-order valence-corrected chi connectivity index (χ0v) is 7.42. The Bertz CT molecular complexity index is 161. The molecule has 68 valence electrons. The highest BCUT2D eigenvalue weighted by molar-refractivity contribution is 4.93. The Labute approximate surface area is 73.8 Å². The summed E-state index contributed by atoms with van der Waals surface area (Å²) in [5.74, 6) is 0. The van der Waals surface area contributed by atoms with Gasteiger partial charge in [0.15, 0.2) is 0 Å². The second kappa shape index (κ2) is 3.92. The number of piperidine rings is 1. The molecule has 12 heavy (non-hydrogen) atoms. The molecule has 0 bridgehead atoms. The fraction of sp³-hybridized carbons (Fsp3) is 0.778. The number of hydrogen-bond acceptors (Lipinski definition) is 3. The fourth-order valence-corrected chi connectivity index (χ4v) is 1.91. The van der Waals surface area contributed by atoms with Gasteiger partial charge in [-0.1, -0.05) is 6.08 Å². The summed E-state index contributed by atoms with van der Waals surface area (Å²) in [6.45, 7) is 4.41. The average Bonchev–Trinajstić information content (AvgIpc) is 2.21. The Morgan fingerprint density at radius 1 is 1.17 bits per heavy atom. The van der Waals surface area contributed by atoms with Crippen LogP contribution in [0.15, 0.2) is 12.3 Å². The highest BCUT2D eigenvalue weighted by Crippen LogP contribution is 2.12. The minimum absolute atomic E-state index is 0.760. The van der Waals surface area contributed by atoms with Gasteiger partial charge in [-0.2, -0.15) is 0 Å². The number of rotatable bonds is 1. The number of hydrogen-bond donors (Lipinski definition) is 2. The van der Waals surface area contributed by atoms with E-state index in [1.807, 2.05) is 0 Å². The third-order valence-electron chi connectivity index (χ3n) is 2.63. The third kappa shape index (κ3) is 1.79. The Morgan fingerprint density at radius 2 is 2.00 bits per heavy atom. The van der Waals surface area contributed by atoms with Crippen molar-refractivity contribution in [2.45, 2.75) is 18.9 Å². The summed E-state index contributed by atoms with van der Waals surface area (Å²) in [6, 6.07) is 0.760. The van der Waals surface area contributed by atoms with Crippen LogP contribution in [0, 0.1) is 0 Å². The second-order valence-electron chi connectivity index (χ2n) is 3.49. The first-order valence-electron chi connectivity index (χ1n) is 4.80. The minimum Gasteiger partial charge on any atom is -0.362 e. The van der Waals surface area contributed by atoms with Crippen LogP contribution >= 0.6 is 0 Å². The monoisotopic (exact) mass is 167 g/mol. The second-order valence-corrected chi connectivity index (χ2v) is 3.49. The van der Waals surface area contributed by atoms with E-state index < -0.39 is 0 Å². The van der Waals surface area contributed by atoms with Crippen molar-refractivity contribution in [1.82, 2.24) is 15.5 Å². The molecule has 1 saturated heterocycles. The molecule has 0 atom stereocenters. The van der Waals surface area contributed by atoms with Gasteiger partial charge in [0.05, 0.1) is 6.67 Å². The van der Waals surface area contributed by atoms with Crippen LogP contribution in [0.25, 0.3) is 0 Å². The van der Waals surface area contributed by atoms with Crippen molar-refractivity contribution >= 4 is 0 Å². The third-order valence-corrected chi connectivity index (χ3v) is 2.63. The molecule has 0 aromatic heterocycles. The first kappa shape index (κ1) is 8.08. The maximum atomic E-state index is 3.38. The molecular weight excluding hydrogens is 150 g/mol. The zero-order chi connectivity index (χ0) is 8.23. The van der Waals surface area contributed by atoms with Gasteiger partial charge in [-0.3, -0.25) is 5.32 Å². The standard InChI is InChI=1S/C9H17N3/c1-4-11-8-12(7-1)9-2-5-10-6-3-9/h1,7,9-11H,2-6,8H2. The van der Waals surface area contributed by atoms with Crippen LogP contribution in [-0.4, -0.2) is 37.2 Å². The molecule has 2 rings (SSSR count). The van der Waals surface area contributed by atoms with Crippen molar-refractivity contribution in [2.24, 2.45) is 0 Å². The Hall–Kier alpha value is -0.540. The first-order chi connectivity index (χ1) is 5.97. The molecule has 3 nitrogen and oxygen atoms in total. The van der Waals surface area contributed by atoms with Crippen LogP contribution in [0.5, 0.6) is 0 Å². The van der Waals surface area contributed by atoms with Gasteiger partial charge in [0.1, 0.15) is 0 Å². The van der Waals surface area contributed by atoms with Gasteiger partial charge >= 0.3 is 0 Å². The summed E-state index contributed by atoms with van der Waals surface area (Å²) < 4.78 is 0. The topological polar surface area (TPSA) is 27.3 Å². The van der Waals surface area contributed by atoms with E-state index in [1.54, 1.807) is 0 Å². The molecule has 0 aromatic rings. The maximum Gasteiger partial charge on any atom is 0.0681 e. The molecule has 0 unspecified atom stereocenters. The molecule has 3 heteroatoms. The van der Waals surface area contributed by atoms with Gasteiger partial charge in [0.25, 0.3) is 0 Å². The van der Waals surface area contributed by atoms with E-state index in [0.29, 0.717) is 0 Å². The minimum atomic E-state index is 0.760. The van der Waals surface area contributed by atoms with Crippen LogP contribution in [0.3, 0.4) is 0 Å². The van der Waals surface area contributed by atoms with Crippen LogP contribution in [-0.2, 0) is 0 Å². The lowest BCUT2D eigenvalue weighted by Crippen LogP contribution is -2.45. The van der Waals surface area contributed by atoms with Crippen molar-refractivity contribution in [2.75, 3.05) is 26.3 Å². The predicted octanol–water partition coefficient (Wildman–Crippen LogP) is 0.115. The molecule has 2 aliphatic heterocycles. The molecule has 0 aromatic carbocycles. The highest BCUT2D eigenvalue weighted by atomic mass is 15.2. The van der Waals surface area contributed by atoms with Crippen molar-refractivity contribution < 1.29 is 0 Å². The molecule has 2 heterocycles. The van der Waals surface area contributed by atoms with Gasteiger partial charge in [0.2, 0.25) is 0 Å². The lowest BCUT2D eigenvalue weighted by atomic mass is 10.1. The zero-order valence-electron chi connectivity index (χ0n) is 7.42. The molecule has 0 aliphatic carbocycles.